The maximum atomic E-state index is 12.1. The first-order chi connectivity index (χ1) is 10.8. The van der Waals surface area contributed by atoms with Crippen molar-refractivity contribution in [3.05, 3.63) is 35.9 Å². The van der Waals surface area contributed by atoms with E-state index in [9.17, 15) is 4.79 Å². The fourth-order valence-corrected chi connectivity index (χ4v) is 3.35. The van der Waals surface area contributed by atoms with Crippen LogP contribution in [0.15, 0.2) is 35.5 Å². The number of hydrogen-bond acceptors (Lipinski definition) is 3. The lowest BCUT2D eigenvalue weighted by molar-refractivity contribution is -0.114. The van der Waals surface area contributed by atoms with Gasteiger partial charge >= 0.3 is 0 Å². The summed E-state index contributed by atoms with van der Waals surface area (Å²) in [5, 5.41) is 6.93. The van der Waals surface area contributed by atoms with Gasteiger partial charge in [0, 0.05) is 13.0 Å². The second-order valence-corrected chi connectivity index (χ2v) is 6.30. The van der Waals surface area contributed by atoms with Gasteiger partial charge in [-0.15, -0.1) is 0 Å². The molecule has 118 valence electrons. The standard InChI is InChI=1S/C18H24N2O2/c21-18(19-12-6-9-14-7-4-5-8-14)16-13-17(22-20-16)15-10-2-1-3-11-15/h1-3,10-11,14,17H,4-9,12-13H2,(H,19,21). The van der Waals surface area contributed by atoms with Crippen molar-refractivity contribution < 1.29 is 9.63 Å². The molecule has 1 N–H and O–H groups in total. The second kappa shape index (κ2) is 7.43. The van der Waals surface area contributed by atoms with Crippen LogP contribution in [-0.4, -0.2) is 18.2 Å². The van der Waals surface area contributed by atoms with E-state index in [2.05, 4.69) is 10.5 Å². The summed E-state index contributed by atoms with van der Waals surface area (Å²) in [4.78, 5) is 17.5. The van der Waals surface area contributed by atoms with Crippen LogP contribution in [0.5, 0.6) is 0 Å². The number of nitrogens with zero attached hydrogens (tertiary/aromatic N) is 1. The van der Waals surface area contributed by atoms with Gasteiger partial charge in [0.1, 0.15) is 5.71 Å². The van der Waals surface area contributed by atoms with Crippen LogP contribution >= 0.6 is 0 Å². The molecule has 1 aliphatic carbocycles. The molecule has 0 aromatic heterocycles. The summed E-state index contributed by atoms with van der Waals surface area (Å²) in [5.41, 5.74) is 1.57. The average Bonchev–Trinajstić information content (AvgIpc) is 3.24. The summed E-state index contributed by atoms with van der Waals surface area (Å²) < 4.78 is 0. The Labute approximate surface area is 131 Å². The number of benzene rings is 1. The SMILES string of the molecule is O=C(NCCCC1CCCC1)C1=NOC(c2ccccc2)C1. The highest BCUT2D eigenvalue weighted by Crippen LogP contribution is 2.28. The number of carbonyl (C=O) groups is 1. The van der Waals surface area contributed by atoms with Gasteiger partial charge in [-0.1, -0.05) is 61.2 Å². The third-order valence-electron chi connectivity index (χ3n) is 4.65. The van der Waals surface area contributed by atoms with Crippen LogP contribution in [0.3, 0.4) is 0 Å². The molecule has 2 aliphatic rings. The van der Waals surface area contributed by atoms with Gasteiger partial charge in [-0.25, -0.2) is 0 Å². The third kappa shape index (κ3) is 3.87. The van der Waals surface area contributed by atoms with Gasteiger partial charge < -0.3 is 10.2 Å². The molecule has 1 aromatic rings. The topological polar surface area (TPSA) is 50.7 Å². The minimum absolute atomic E-state index is 0.0788. The number of oxime groups is 1. The summed E-state index contributed by atoms with van der Waals surface area (Å²) >= 11 is 0. The summed E-state index contributed by atoms with van der Waals surface area (Å²) in [6, 6.07) is 9.92. The molecular formula is C18H24N2O2. The van der Waals surface area contributed by atoms with Crippen molar-refractivity contribution in [2.45, 2.75) is 51.0 Å². The zero-order valence-electron chi connectivity index (χ0n) is 13.0. The van der Waals surface area contributed by atoms with Crippen LogP contribution in [0, 0.1) is 5.92 Å². The zero-order valence-corrected chi connectivity index (χ0v) is 13.0. The van der Waals surface area contributed by atoms with Crippen molar-refractivity contribution in [1.82, 2.24) is 5.32 Å². The molecule has 0 spiro atoms. The number of amides is 1. The zero-order chi connectivity index (χ0) is 15.2. The molecule has 1 atom stereocenters. The minimum Gasteiger partial charge on any atom is -0.387 e. The molecule has 1 heterocycles. The van der Waals surface area contributed by atoms with Crippen LogP contribution < -0.4 is 5.32 Å². The molecule has 1 aromatic carbocycles. The number of rotatable bonds is 6. The van der Waals surface area contributed by atoms with E-state index in [1.165, 1.54) is 32.1 Å². The number of nitrogens with one attached hydrogen (secondary N) is 1. The van der Waals surface area contributed by atoms with Crippen molar-refractivity contribution in [3.8, 4) is 0 Å². The quantitative estimate of drug-likeness (QED) is 0.816. The van der Waals surface area contributed by atoms with Gasteiger partial charge in [0.15, 0.2) is 6.10 Å². The van der Waals surface area contributed by atoms with E-state index in [0.29, 0.717) is 12.1 Å². The lowest BCUT2D eigenvalue weighted by atomic mass is 10.0. The minimum atomic E-state index is -0.125. The lowest BCUT2D eigenvalue weighted by Crippen LogP contribution is -2.31. The number of hydrogen-bond donors (Lipinski definition) is 1. The molecular weight excluding hydrogens is 276 g/mol. The Balaban J connectivity index is 1.38. The van der Waals surface area contributed by atoms with Crippen LogP contribution in [0.25, 0.3) is 0 Å². The molecule has 4 heteroatoms. The Morgan fingerprint density at radius 1 is 1.23 bits per heavy atom. The molecule has 3 rings (SSSR count). The molecule has 1 saturated carbocycles. The molecule has 4 nitrogen and oxygen atoms in total. The maximum Gasteiger partial charge on any atom is 0.269 e. The van der Waals surface area contributed by atoms with Crippen molar-refractivity contribution >= 4 is 11.6 Å². The molecule has 1 amide bonds. The molecule has 22 heavy (non-hydrogen) atoms. The van der Waals surface area contributed by atoms with Gasteiger partial charge in [-0.2, -0.15) is 0 Å². The first-order valence-corrected chi connectivity index (χ1v) is 8.39. The normalized spacial score (nSPS) is 21.5. The lowest BCUT2D eigenvalue weighted by Gasteiger charge is -2.09. The van der Waals surface area contributed by atoms with E-state index in [0.717, 1.165) is 24.4 Å². The Bertz CT molecular complexity index is 521. The molecule has 0 bridgehead atoms. The fraction of sp³-hybridized carbons (Fsp3) is 0.556. The predicted molar refractivity (Wildman–Crippen MR) is 86.5 cm³/mol. The average molecular weight is 300 g/mol. The molecule has 0 radical (unpaired) electrons. The van der Waals surface area contributed by atoms with Gasteiger partial charge in [-0.05, 0) is 24.3 Å². The van der Waals surface area contributed by atoms with Crippen LogP contribution in [0.2, 0.25) is 0 Å². The van der Waals surface area contributed by atoms with Crippen molar-refractivity contribution in [2.24, 2.45) is 11.1 Å². The van der Waals surface area contributed by atoms with E-state index >= 15 is 0 Å². The maximum absolute atomic E-state index is 12.1. The molecule has 1 fully saturated rings. The van der Waals surface area contributed by atoms with Crippen LogP contribution in [0.1, 0.15) is 56.6 Å². The van der Waals surface area contributed by atoms with E-state index in [1.807, 2.05) is 30.3 Å². The third-order valence-corrected chi connectivity index (χ3v) is 4.65. The first kappa shape index (κ1) is 15.1. The van der Waals surface area contributed by atoms with E-state index in [-0.39, 0.29) is 12.0 Å². The Morgan fingerprint density at radius 3 is 2.77 bits per heavy atom. The summed E-state index contributed by atoms with van der Waals surface area (Å²) in [5.74, 6) is 0.802. The van der Waals surface area contributed by atoms with Crippen LogP contribution in [-0.2, 0) is 9.63 Å². The van der Waals surface area contributed by atoms with Gasteiger partial charge in [0.25, 0.3) is 5.91 Å². The van der Waals surface area contributed by atoms with Crippen molar-refractivity contribution in [2.75, 3.05) is 6.54 Å². The summed E-state index contributed by atoms with van der Waals surface area (Å²) in [7, 11) is 0. The smallest absolute Gasteiger partial charge is 0.269 e. The number of carbonyl (C=O) groups excluding carboxylic acids is 1. The highest BCUT2D eigenvalue weighted by molar-refractivity contribution is 6.39. The van der Waals surface area contributed by atoms with Crippen molar-refractivity contribution in [1.29, 1.82) is 0 Å². The summed E-state index contributed by atoms with van der Waals surface area (Å²) in [6.07, 6.45) is 8.22. The highest BCUT2D eigenvalue weighted by Gasteiger charge is 2.27. The van der Waals surface area contributed by atoms with Gasteiger partial charge in [0.05, 0.1) is 0 Å². The van der Waals surface area contributed by atoms with Gasteiger partial charge in [-0.3, -0.25) is 4.79 Å². The van der Waals surface area contributed by atoms with E-state index in [1.54, 1.807) is 0 Å². The van der Waals surface area contributed by atoms with Gasteiger partial charge in [0.2, 0.25) is 0 Å². The fourth-order valence-electron chi connectivity index (χ4n) is 3.35. The Morgan fingerprint density at radius 2 is 2.00 bits per heavy atom. The monoisotopic (exact) mass is 300 g/mol. The Hall–Kier alpha value is -1.84. The first-order valence-electron chi connectivity index (χ1n) is 8.39. The van der Waals surface area contributed by atoms with Crippen molar-refractivity contribution in [3.63, 3.8) is 0 Å². The highest BCUT2D eigenvalue weighted by atomic mass is 16.6. The second-order valence-electron chi connectivity index (χ2n) is 6.30. The van der Waals surface area contributed by atoms with Crippen LogP contribution in [0.4, 0.5) is 0 Å². The molecule has 0 saturated heterocycles. The molecule has 1 aliphatic heterocycles. The van der Waals surface area contributed by atoms with E-state index < -0.39 is 0 Å². The summed E-state index contributed by atoms with van der Waals surface area (Å²) in [6.45, 7) is 0.740. The van der Waals surface area contributed by atoms with E-state index in [4.69, 9.17) is 4.84 Å². The largest absolute Gasteiger partial charge is 0.387 e. The predicted octanol–water partition coefficient (Wildman–Crippen LogP) is 3.59. The molecule has 1 unspecified atom stereocenters. The Kier molecular flexibility index (Phi) is 5.09.